The number of rotatable bonds is 4. The minimum atomic E-state index is -0.787. The minimum absolute atomic E-state index is 0.116. The first-order chi connectivity index (χ1) is 12.5. The maximum absolute atomic E-state index is 12.5. The van der Waals surface area contributed by atoms with E-state index in [1.165, 1.54) is 16.9 Å². The van der Waals surface area contributed by atoms with Crippen LogP contribution in [0.25, 0.3) is 10.6 Å². The van der Waals surface area contributed by atoms with Gasteiger partial charge in [-0.05, 0) is 26.7 Å². The van der Waals surface area contributed by atoms with Crippen LogP contribution in [0.15, 0.2) is 29.6 Å². The Morgan fingerprint density at radius 2 is 1.77 bits per heavy atom. The van der Waals surface area contributed by atoms with Gasteiger partial charge in [-0.25, -0.2) is 9.78 Å². The summed E-state index contributed by atoms with van der Waals surface area (Å²) in [7, 11) is 0. The predicted octanol–water partition coefficient (Wildman–Crippen LogP) is 4.07. The predicted molar refractivity (Wildman–Crippen MR) is 102 cm³/mol. The van der Waals surface area contributed by atoms with Gasteiger partial charge in [0.05, 0.1) is 0 Å². The lowest BCUT2D eigenvalue weighted by Gasteiger charge is -2.23. The number of ether oxygens (including phenoxy) is 1. The Bertz CT molecular complexity index is 762. The summed E-state index contributed by atoms with van der Waals surface area (Å²) in [5, 5.41) is 2.45. The molecule has 1 aliphatic heterocycles. The van der Waals surface area contributed by atoms with E-state index in [0.717, 1.165) is 49.3 Å². The molecule has 138 valence electrons. The average molecular weight is 372 g/mol. The molecule has 0 bridgehead atoms. The first-order valence-corrected chi connectivity index (χ1v) is 9.95. The molecule has 0 unspecified atom stereocenters. The third-order valence-corrected chi connectivity index (χ3v) is 5.45. The standard InChI is InChI=1S/C20H24N2O3S/c1-14-7-9-16(10-8-14)18-21-17(13-26-18)20(24)25-15(2)19(23)22-11-5-3-4-6-12-22/h7-10,13,15H,3-6,11-12H2,1-2H3/t15-/m0/s1. The largest absolute Gasteiger partial charge is 0.448 e. The first-order valence-electron chi connectivity index (χ1n) is 9.07. The highest BCUT2D eigenvalue weighted by Gasteiger charge is 2.25. The van der Waals surface area contributed by atoms with Gasteiger partial charge in [0.15, 0.2) is 11.8 Å². The zero-order valence-electron chi connectivity index (χ0n) is 15.2. The number of hydrogen-bond acceptors (Lipinski definition) is 5. The number of hydrogen-bond donors (Lipinski definition) is 0. The monoisotopic (exact) mass is 372 g/mol. The van der Waals surface area contributed by atoms with Crippen LogP contribution in [0.1, 0.15) is 48.7 Å². The Morgan fingerprint density at radius 1 is 1.12 bits per heavy atom. The van der Waals surface area contributed by atoms with Crippen molar-refractivity contribution in [3.63, 3.8) is 0 Å². The van der Waals surface area contributed by atoms with Crippen molar-refractivity contribution < 1.29 is 14.3 Å². The van der Waals surface area contributed by atoms with Crippen LogP contribution in [-0.2, 0) is 9.53 Å². The van der Waals surface area contributed by atoms with Crippen LogP contribution < -0.4 is 0 Å². The van der Waals surface area contributed by atoms with Crippen LogP contribution in [0.5, 0.6) is 0 Å². The van der Waals surface area contributed by atoms with E-state index in [4.69, 9.17) is 4.74 Å². The van der Waals surface area contributed by atoms with Crippen LogP contribution in [0.2, 0.25) is 0 Å². The lowest BCUT2D eigenvalue weighted by atomic mass is 10.2. The lowest BCUT2D eigenvalue weighted by Crippen LogP contribution is -2.40. The first kappa shape index (κ1) is 18.6. The molecule has 1 fully saturated rings. The van der Waals surface area contributed by atoms with Crippen molar-refractivity contribution in [2.45, 2.75) is 45.6 Å². The van der Waals surface area contributed by atoms with Gasteiger partial charge in [-0.2, -0.15) is 0 Å². The fraction of sp³-hybridized carbons (Fsp3) is 0.450. The van der Waals surface area contributed by atoms with Gasteiger partial charge in [-0.15, -0.1) is 11.3 Å². The van der Waals surface area contributed by atoms with Gasteiger partial charge in [0.2, 0.25) is 0 Å². The average Bonchev–Trinajstić information content (AvgIpc) is 2.97. The lowest BCUT2D eigenvalue weighted by molar-refractivity contribution is -0.139. The molecule has 3 rings (SSSR count). The summed E-state index contributed by atoms with van der Waals surface area (Å²) in [6.07, 6.45) is 3.54. The number of nitrogens with zero attached hydrogens (tertiary/aromatic N) is 2. The van der Waals surface area contributed by atoms with E-state index < -0.39 is 12.1 Å². The summed E-state index contributed by atoms with van der Waals surface area (Å²) in [5.74, 6) is -0.662. The Kier molecular flexibility index (Phi) is 6.04. The number of aryl methyl sites for hydroxylation is 1. The van der Waals surface area contributed by atoms with E-state index in [-0.39, 0.29) is 11.6 Å². The van der Waals surface area contributed by atoms with Crippen molar-refractivity contribution in [3.8, 4) is 10.6 Å². The Labute approximate surface area is 158 Å². The van der Waals surface area contributed by atoms with Crippen molar-refractivity contribution in [1.82, 2.24) is 9.88 Å². The van der Waals surface area contributed by atoms with Crippen molar-refractivity contribution in [3.05, 3.63) is 40.9 Å². The van der Waals surface area contributed by atoms with Crippen molar-refractivity contribution in [2.24, 2.45) is 0 Å². The van der Waals surface area contributed by atoms with Crippen molar-refractivity contribution in [1.29, 1.82) is 0 Å². The van der Waals surface area contributed by atoms with E-state index in [0.29, 0.717) is 0 Å². The highest BCUT2D eigenvalue weighted by molar-refractivity contribution is 7.13. The molecule has 0 aliphatic carbocycles. The van der Waals surface area contributed by atoms with Gasteiger partial charge in [0.1, 0.15) is 5.01 Å². The summed E-state index contributed by atoms with van der Waals surface area (Å²) >= 11 is 1.40. The minimum Gasteiger partial charge on any atom is -0.448 e. The number of carbonyl (C=O) groups excluding carboxylic acids is 2. The second-order valence-electron chi connectivity index (χ2n) is 6.69. The molecule has 1 aromatic carbocycles. The van der Waals surface area contributed by atoms with Gasteiger partial charge in [-0.1, -0.05) is 42.7 Å². The molecule has 0 spiro atoms. The summed E-state index contributed by atoms with van der Waals surface area (Å²) in [5.41, 5.74) is 2.39. The topological polar surface area (TPSA) is 59.5 Å². The molecule has 1 amide bonds. The van der Waals surface area contributed by atoms with Crippen molar-refractivity contribution in [2.75, 3.05) is 13.1 Å². The molecule has 2 aromatic rings. The Morgan fingerprint density at radius 3 is 2.42 bits per heavy atom. The van der Waals surface area contributed by atoms with Crippen LogP contribution in [0, 0.1) is 6.92 Å². The van der Waals surface area contributed by atoms with E-state index in [9.17, 15) is 9.59 Å². The normalized spacial score (nSPS) is 16.0. The van der Waals surface area contributed by atoms with Crippen LogP contribution >= 0.6 is 11.3 Å². The van der Waals surface area contributed by atoms with Gasteiger partial charge < -0.3 is 9.64 Å². The van der Waals surface area contributed by atoms with Crippen LogP contribution in [-0.4, -0.2) is 41.0 Å². The maximum Gasteiger partial charge on any atom is 0.358 e. The van der Waals surface area contributed by atoms with E-state index >= 15 is 0 Å². The molecular weight excluding hydrogens is 348 g/mol. The second-order valence-corrected chi connectivity index (χ2v) is 7.55. The molecule has 0 radical (unpaired) electrons. The van der Waals surface area contributed by atoms with Gasteiger partial charge in [0, 0.05) is 24.0 Å². The highest BCUT2D eigenvalue weighted by atomic mass is 32.1. The molecule has 2 heterocycles. The maximum atomic E-state index is 12.5. The summed E-state index contributed by atoms with van der Waals surface area (Å²) in [6.45, 7) is 5.15. The second kappa shape index (κ2) is 8.45. The molecule has 1 aromatic heterocycles. The summed E-state index contributed by atoms with van der Waals surface area (Å²) in [6, 6.07) is 7.98. The molecule has 0 N–H and O–H groups in total. The SMILES string of the molecule is Cc1ccc(-c2nc(C(=O)O[C@@H](C)C(=O)N3CCCCCC3)cs2)cc1. The fourth-order valence-electron chi connectivity index (χ4n) is 3.02. The molecule has 1 atom stereocenters. The number of amides is 1. The number of likely N-dealkylation sites (tertiary alicyclic amines) is 1. The summed E-state index contributed by atoms with van der Waals surface area (Å²) < 4.78 is 5.37. The van der Waals surface area contributed by atoms with Gasteiger partial charge in [-0.3, -0.25) is 4.79 Å². The van der Waals surface area contributed by atoms with Gasteiger partial charge >= 0.3 is 5.97 Å². The number of benzene rings is 1. The van der Waals surface area contributed by atoms with E-state index in [1.54, 1.807) is 12.3 Å². The quantitative estimate of drug-likeness (QED) is 0.759. The van der Waals surface area contributed by atoms with Crippen LogP contribution in [0.3, 0.4) is 0 Å². The number of aromatic nitrogens is 1. The molecule has 26 heavy (non-hydrogen) atoms. The third-order valence-electron chi connectivity index (χ3n) is 4.56. The highest BCUT2D eigenvalue weighted by Crippen LogP contribution is 2.24. The number of esters is 1. The van der Waals surface area contributed by atoms with Crippen LogP contribution in [0.4, 0.5) is 0 Å². The Balaban J connectivity index is 1.62. The van der Waals surface area contributed by atoms with E-state index in [1.807, 2.05) is 36.1 Å². The molecule has 6 heteroatoms. The number of carbonyl (C=O) groups is 2. The molecule has 1 saturated heterocycles. The smallest absolute Gasteiger partial charge is 0.358 e. The molecule has 0 saturated carbocycles. The fourth-order valence-corrected chi connectivity index (χ4v) is 3.81. The zero-order chi connectivity index (χ0) is 18.5. The summed E-state index contributed by atoms with van der Waals surface area (Å²) in [4.78, 5) is 31.0. The van der Waals surface area contributed by atoms with Crippen molar-refractivity contribution >= 4 is 23.2 Å². The molecule has 5 nitrogen and oxygen atoms in total. The molecular formula is C20H24N2O3S. The van der Waals surface area contributed by atoms with Gasteiger partial charge in [0.25, 0.3) is 5.91 Å². The third kappa shape index (κ3) is 4.49. The molecule has 1 aliphatic rings. The zero-order valence-corrected chi connectivity index (χ0v) is 16.1. The van der Waals surface area contributed by atoms with E-state index in [2.05, 4.69) is 4.98 Å². The number of thiazole rings is 1. The Hall–Kier alpha value is -2.21.